The van der Waals surface area contributed by atoms with Crippen LogP contribution < -0.4 is 5.32 Å². The Morgan fingerprint density at radius 1 is 1.29 bits per heavy atom. The highest BCUT2D eigenvalue weighted by atomic mass is 32.2. The van der Waals surface area contributed by atoms with Crippen molar-refractivity contribution in [3.63, 3.8) is 0 Å². The molecule has 1 aliphatic carbocycles. The lowest BCUT2D eigenvalue weighted by Gasteiger charge is -2.40. The molecule has 1 aliphatic heterocycles. The molecule has 0 bridgehead atoms. The van der Waals surface area contributed by atoms with Gasteiger partial charge in [0.25, 0.3) is 0 Å². The summed E-state index contributed by atoms with van der Waals surface area (Å²) in [7, 11) is 0. The van der Waals surface area contributed by atoms with E-state index in [0.717, 1.165) is 37.0 Å². The van der Waals surface area contributed by atoms with Gasteiger partial charge in [-0.25, -0.2) is 14.5 Å². The zero-order valence-corrected chi connectivity index (χ0v) is 10.6. The van der Waals surface area contributed by atoms with Crippen molar-refractivity contribution in [1.29, 1.82) is 0 Å². The third-order valence-corrected chi connectivity index (χ3v) is 4.02. The summed E-state index contributed by atoms with van der Waals surface area (Å²) < 4.78 is 0. The number of hydrogen-bond donors (Lipinski definition) is 2. The van der Waals surface area contributed by atoms with E-state index < -0.39 is 17.6 Å². The Bertz CT molecular complexity index is 320. The monoisotopic (exact) mass is 259 g/mol. The molecule has 0 aromatic carbocycles. The van der Waals surface area contributed by atoms with Crippen molar-refractivity contribution < 1.29 is 14.8 Å². The van der Waals surface area contributed by atoms with Crippen LogP contribution in [-0.2, 0) is 0 Å². The van der Waals surface area contributed by atoms with E-state index in [1.54, 1.807) is 6.26 Å². The first-order valence-corrected chi connectivity index (χ1v) is 7.08. The van der Waals surface area contributed by atoms with Gasteiger partial charge in [-0.3, -0.25) is 5.21 Å². The highest BCUT2D eigenvalue weighted by Gasteiger charge is 2.41. The van der Waals surface area contributed by atoms with Crippen LogP contribution in [-0.4, -0.2) is 45.0 Å². The Morgan fingerprint density at radius 3 is 2.53 bits per heavy atom. The SMILES string of the molecule is CSC1NC(=O)N(C2CCCCC2)C(=O)N1O. The predicted molar refractivity (Wildman–Crippen MR) is 63.6 cm³/mol. The number of nitrogens with one attached hydrogen (secondary N) is 1. The number of rotatable bonds is 2. The second-order valence-electron chi connectivity index (χ2n) is 4.33. The molecule has 1 saturated heterocycles. The summed E-state index contributed by atoms with van der Waals surface area (Å²) >= 11 is 1.21. The largest absolute Gasteiger partial charge is 0.354 e. The fraction of sp³-hybridized carbons (Fsp3) is 0.800. The summed E-state index contributed by atoms with van der Waals surface area (Å²) in [5, 5.41) is 12.9. The number of nitrogens with zero attached hydrogens (tertiary/aromatic N) is 2. The van der Waals surface area contributed by atoms with Crippen molar-refractivity contribution in [1.82, 2.24) is 15.3 Å². The second kappa shape index (κ2) is 5.14. The van der Waals surface area contributed by atoms with Gasteiger partial charge in [-0.05, 0) is 19.1 Å². The van der Waals surface area contributed by atoms with E-state index in [1.807, 2.05) is 0 Å². The standard InChI is InChI=1S/C10H17N3O3S/c1-17-9-11-8(14)12(10(15)13(9)16)7-5-3-2-4-6-7/h7,9,16H,2-6H2,1H3,(H,11,14). The Kier molecular flexibility index (Phi) is 3.78. The lowest BCUT2D eigenvalue weighted by atomic mass is 9.94. The maximum absolute atomic E-state index is 11.9. The van der Waals surface area contributed by atoms with Crippen LogP contribution in [0.2, 0.25) is 0 Å². The molecular weight excluding hydrogens is 242 g/mol. The van der Waals surface area contributed by atoms with Crippen LogP contribution in [0.5, 0.6) is 0 Å². The molecule has 2 fully saturated rings. The van der Waals surface area contributed by atoms with Gasteiger partial charge in [-0.2, -0.15) is 5.06 Å². The van der Waals surface area contributed by atoms with Gasteiger partial charge in [0, 0.05) is 6.04 Å². The molecule has 0 aromatic rings. The average Bonchev–Trinajstić information content (AvgIpc) is 2.35. The minimum Gasteiger partial charge on any atom is -0.306 e. The molecule has 0 radical (unpaired) electrons. The minimum atomic E-state index is -0.685. The van der Waals surface area contributed by atoms with Crippen molar-refractivity contribution in [3.05, 3.63) is 0 Å². The quantitative estimate of drug-likeness (QED) is 0.742. The van der Waals surface area contributed by atoms with Crippen LogP contribution in [0, 0.1) is 0 Å². The van der Waals surface area contributed by atoms with Crippen molar-refractivity contribution >= 4 is 23.8 Å². The van der Waals surface area contributed by atoms with E-state index in [2.05, 4.69) is 5.32 Å². The maximum atomic E-state index is 11.9. The minimum absolute atomic E-state index is 0.0753. The summed E-state index contributed by atoms with van der Waals surface area (Å²) in [5.74, 6) is 0. The van der Waals surface area contributed by atoms with Crippen LogP contribution in [0.3, 0.4) is 0 Å². The van der Waals surface area contributed by atoms with Gasteiger partial charge in [-0.15, -0.1) is 11.8 Å². The zero-order chi connectivity index (χ0) is 12.4. The molecule has 2 rings (SSSR count). The summed E-state index contributed by atoms with van der Waals surface area (Å²) in [6.07, 6.45) is 6.58. The predicted octanol–water partition coefficient (Wildman–Crippen LogP) is 1.80. The lowest BCUT2D eigenvalue weighted by Crippen LogP contribution is -2.65. The third-order valence-electron chi connectivity index (χ3n) is 3.25. The van der Waals surface area contributed by atoms with Crippen LogP contribution in [0.4, 0.5) is 9.59 Å². The van der Waals surface area contributed by atoms with Crippen LogP contribution >= 0.6 is 11.8 Å². The van der Waals surface area contributed by atoms with E-state index in [0.29, 0.717) is 5.06 Å². The molecule has 17 heavy (non-hydrogen) atoms. The van der Waals surface area contributed by atoms with E-state index in [-0.39, 0.29) is 6.04 Å². The normalized spacial score (nSPS) is 27.3. The molecule has 0 spiro atoms. The van der Waals surface area contributed by atoms with E-state index >= 15 is 0 Å². The Balaban J connectivity index is 2.11. The van der Waals surface area contributed by atoms with Crippen molar-refractivity contribution in [3.8, 4) is 0 Å². The molecule has 0 aromatic heterocycles. The van der Waals surface area contributed by atoms with Crippen LogP contribution in [0.15, 0.2) is 0 Å². The number of carbonyl (C=O) groups excluding carboxylic acids is 2. The molecule has 6 nitrogen and oxygen atoms in total. The van der Waals surface area contributed by atoms with Gasteiger partial charge in [-0.1, -0.05) is 19.3 Å². The first-order chi connectivity index (χ1) is 8.15. The number of carbonyl (C=O) groups is 2. The van der Waals surface area contributed by atoms with Gasteiger partial charge in [0.05, 0.1) is 0 Å². The Morgan fingerprint density at radius 2 is 1.94 bits per heavy atom. The van der Waals surface area contributed by atoms with Gasteiger partial charge in [0.15, 0.2) is 5.50 Å². The maximum Gasteiger partial charge on any atom is 0.354 e. The first-order valence-electron chi connectivity index (χ1n) is 5.79. The van der Waals surface area contributed by atoms with E-state index in [4.69, 9.17) is 0 Å². The molecule has 1 saturated carbocycles. The number of hydroxylamine groups is 2. The molecule has 1 heterocycles. The molecule has 2 N–H and O–H groups in total. The molecule has 1 unspecified atom stereocenters. The average molecular weight is 259 g/mol. The molecule has 96 valence electrons. The van der Waals surface area contributed by atoms with Gasteiger partial charge in [0.2, 0.25) is 0 Å². The van der Waals surface area contributed by atoms with Crippen LogP contribution in [0.1, 0.15) is 32.1 Å². The molecule has 7 heteroatoms. The van der Waals surface area contributed by atoms with Crippen molar-refractivity contribution in [2.45, 2.75) is 43.6 Å². The van der Waals surface area contributed by atoms with Gasteiger partial charge in [0.1, 0.15) is 0 Å². The topological polar surface area (TPSA) is 72.9 Å². The summed E-state index contributed by atoms with van der Waals surface area (Å²) in [4.78, 5) is 25.0. The number of urea groups is 2. The Hall–Kier alpha value is -0.950. The molecule has 4 amide bonds. The third kappa shape index (κ3) is 2.35. The van der Waals surface area contributed by atoms with E-state index in [1.165, 1.54) is 11.8 Å². The highest BCUT2D eigenvalue weighted by molar-refractivity contribution is 7.99. The van der Waals surface area contributed by atoms with E-state index in [9.17, 15) is 14.8 Å². The zero-order valence-electron chi connectivity index (χ0n) is 9.76. The van der Waals surface area contributed by atoms with Crippen molar-refractivity contribution in [2.75, 3.05) is 6.26 Å². The smallest absolute Gasteiger partial charge is 0.306 e. The first kappa shape index (κ1) is 12.5. The van der Waals surface area contributed by atoms with Crippen LogP contribution in [0.25, 0.3) is 0 Å². The van der Waals surface area contributed by atoms with Gasteiger partial charge < -0.3 is 5.32 Å². The summed E-state index contributed by atoms with van der Waals surface area (Å²) in [5.41, 5.74) is -0.685. The number of hydrogen-bond acceptors (Lipinski definition) is 4. The number of amides is 4. The molecular formula is C10H17N3O3S. The number of thioether (sulfide) groups is 1. The molecule has 2 aliphatic rings. The fourth-order valence-corrected chi connectivity index (χ4v) is 2.86. The fourth-order valence-electron chi connectivity index (χ4n) is 2.35. The van der Waals surface area contributed by atoms with Gasteiger partial charge >= 0.3 is 12.1 Å². The van der Waals surface area contributed by atoms with Crippen molar-refractivity contribution in [2.24, 2.45) is 0 Å². The number of imide groups is 1. The summed E-state index contributed by atoms with van der Waals surface area (Å²) in [6, 6.07) is -1.08. The Labute approximate surface area is 104 Å². The summed E-state index contributed by atoms with van der Waals surface area (Å²) in [6.45, 7) is 0. The highest BCUT2D eigenvalue weighted by Crippen LogP contribution is 2.26. The lowest BCUT2D eigenvalue weighted by molar-refractivity contribution is -0.0817. The second-order valence-corrected chi connectivity index (χ2v) is 5.24. The molecule has 1 atom stereocenters.